The molecule has 8 heteroatoms. The highest BCUT2D eigenvalue weighted by Crippen LogP contribution is 2.15. The van der Waals surface area contributed by atoms with E-state index in [0.29, 0.717) is 12.4 Å². The topological polar surface area (TPSA) is 83.6 Å². The maximum absolute atomic E-state index is 12.5. The predicted molar refractivity (Wildman–Crippen MR) is 119 cm³/mol. The molecule has 1 aliphatic rings. The Bertz CT molecular complexity index is 893. The van der Waals surface area contributed by atoms with E-state index in [1.807, 2.05) is 13.8 Å². The third-order valence-corrected chi connectivity index (χ3v) is 6.83. The van der Waals surface area contributed by atoms with Crippen LogP contribution in [0, 0.1) is 0 Å². The third kappa shape index (κ3) is 6.50. The van der Waals surface area contributed by atoms with Gasteiger partial charge >= 0.3 is 0 Å². The van der Waals surface area contributed by atoms with E-state index in [9.17, 15) is 8.42 Å². The lowest BCUT2D eigenvalue weighted by molar-refractivity contribution is 0.0342. The van der Waals surface area contributed by atoms with Crippen molar-refractivity contribution in [3.8, 4) is 0 Å². The summed E-state index contributed by atoms with van der Waals surface area (Å²) in [6, 6.07) is 11.7. The average molecular weight is 433 g/mol. The van der Waals surface area contributed by atoms with Gasteiger partial charge in [0.25, 0.3) is 0 Å². The van der Waals surface area contributed by atoms with Gasteiger partial charge in [-0.15, -0.1) is 0 Å². The molecule has 0 saturated carbocycles. The second kappa shape index (κ2) is 10.9. The summed E-state index contributed by atoms with van der Waals surface area (Å²) in [5.41, 5.74) is 2.44. The Labute approximate surface area is 179 Å². The van der Waals surface area contributed by atoms with Crippen molar-refractivity contribution in [1.82, 2.24) is 14.6 Å². The summed E-state index contributed by atoms with van der Waals surface area (Å²) in [5.74, 6) is 0.648. The van der Waals surface area contributed by atoms with Crippen LogP contribution in [0.25, 0.3) is 0 Å². The molecule has 1 aliphatic heterocycles. The van der Waals surface area contributed by atoms with Gasteiger partial charge in [0.15, 0.2) is 0 Å². The number of pyridine rings is 1. The number of benzene rings is 1. The minimum Gasteiger partial charge on any atom is -0.379 e. The number of ether oxygens (including phenoxy) is 1. The van der Waals surface area contributed by atoms with Crippen molar-refractivity contribution in [2.24, 2.45) is 0 Å². The van der Waals surface area contributed by atoms with Crippen molar-refractivity contribution in [3.05, 3.63) is 53.7 Å². The number of sulfonamides is 1. The lowest BCUT2D eigenvalue weighted by atomic mass is 10.1. The van der Waals surface area contributed by atoms with Crippen LogP contribution in [0.2, 0.25) is 0 Å². The maximum atomic E-state index is 12.5. The van der Waals surface area contributed by atoms with Crippen molar-refractivity contribution >= 4 is 15.8 Å². The molecular weight excluding hydrogens is 400 g/mol. The molecule has 1 aromatic carbocycles. The Hall–Kier alpha value is -2.00. The first-order valence-corrected chi connectivity index (χ1v) is 12.1. The minimum absolute atomic E-state index is 0.0578. The van der Waals surface area contributed by atoms with Gasteiger partial charge < -0.3 is 10.1 Å². The number of rotatable bonds is 10. The molecule has 0 bridgehead atoms. The van der Waals surface area contributed by atoms with Crippen LogP contribution in [0.1, 0.15) is 37.8 Å². The van der Waals surface area contributed by atoms with Gasteiger partial charge in [-0.1, -0.05) is 38.1 Å². The first-order valence-electron chi connectivity index (χ1n) is 10.6. The maximum Gasteiger partial charge on any atom is 0.242 e. The van der Waals surface area contributed by atoms with Crippen LogP contribution in [0.15, 0.2) is 47.5 Å². The van der Waals surface area contributed by atoms with Crippen molar-refractivity contribution in [3.63, 3.8) is 0 Å². The summed E-state index contributed by atoms with van der Waals surface area (Å²) in [6.45, 7) is 9.02. The lowest BCUT2D eigenvalue weighted by Gasteiger charge is -2.26. The standard InChI is InChI=1S/C22H32N4O3S/c1-3-20(4-2)25-30(27,28)21-8-9-22(24-16-21)23-15-18-6-5-7-19(14-18)17-26-10-12-29-13-11-26/h5-9,14,16,20,25H,3-4,10-13,15,17H2,1-2H3,(H,23,24). The van der Waals surface area contributed by atoms with Crippen LogP contribution in [-0.2, 0) is 27.8 Å². The van der Waals surface area contributed by atoms with Gasteiger partial charge in [0.1, 0.15) is 10.7 Å². The molecule has 0 spiro atoms. The van der Waals surface area contributed by atoms with Gasteiger partial charge in [-0.3, -0.25) is 4.90 Å². The monoisotopic (exact) mass is 432 g/mol. The average Bonchev–Trinajstić information content (AvgIpc) is 2.77. The molecule has 30 heavy (non-hydrogen) atoms. The SMILES string of the molecule is CCC(CC)NS(=O)(=O)c1ccc(NCc2cccc(CN3CCOCC3)c2)nc1. The zero-order chi connectivity index (χ0) is 21.4. The van der Waals surface area contributed by atoms with E-state index in [1.165, 1.54) is 11.8 Å². The summed E-state index contributed by atoms with van der Waals surface area (Å²) < 4.78 is 33.1. The molecule has 2 heterocycles. The fourth-order valence-corrected chi connectivity index (χ4v) is 4.78. The third-order valence-electron chi connectivity index (χ3n) is 5.33. The van der Waals surface area contributed by atoms with Crippen molar-refractivity contribution in [2.75, 3.05) is 31.6 Å². The number of hydrogen-bond donors (Lipinski definition) is 2. The molecule has 7 nitrogen and oxygen atoms in total. The summed E-state index contributed by atoms with van der Waals surface area (Å²) in [5, 5.41) is 3.27. The molecule has 3 rings (SSSR count). The van der Waals surface area contributed by atoms with Crippen molar-refractivity contribution < 1.29 is 13.2 Å². The molecular formula is C22H32N4O3S. The zero-order valence-corrected chi connectivity index (χ0v) is 18.6. The Morgan fingerprint density at radius 1 is 1.10 bits per heavy atom. The number of nitrogens with zero attached hydrogens (tertiary/aromatic N) is 2. The first kappa shape index (κ1) is 22.7. The lowest BCUT2D eigenvalue weighted by Crippen LogP contribution is -2.35. The molecule has 1 fully saturated rings. The number of anilines is 1. The van der Waals surface area contributed by atoms with Gasteiger partial charge in [-0.25, -0.2) is 18.1 Å². The van der Waals surface area contributed by atoms with Gasteiger partial charge in [0, 0.05) is 38.4 Å². The normalized spacial score (nSPS) is 15.4. The molecule has 0 atom stereocenters. The van der Waals surface area contributed by atoms with E-state index in [1.54, 1.807) is 12.1 Å². The Kier molecular flexibility index (Phi) is 8.21. The molecule has 0 amide bonds. The Morgan fingerprint density at radius 2 is 1.83 bits per heavy atom. The van der Waals surface area contributed by atoms with Crippen LogP contribution < -0.4 is 10.0 Å². The predicted octanol–water partition coefficient (Wildman–Crippen LogP) is 2.99. The number of aromatic nitrogens is 1. The molecule has 164 valence electrons. The summed E-state index contributed by atoms with van der Waals surface area (Å²) in [4.78, 5) is 6.87. The van der Waals surface area contributed by atoms with E-state index < -0.39 is 10.0 Å². The summed E-state index contributed by atoms with van der Waals surface area (Å²) in [6.07, 6.45) is 2.92. The van der Waals surface area contributed by atoms with E-state index in [2.05, 4.69) is 44.2 Å². The highest BCUT2D eigenvalue weighted by atomic mass is 32.2. The molecule has 0 aliphatic carbocycles. The molecule has 0 unspecified atom stereocenters. The molecule has 1 aromatic heterocycles. The van der Waals surface area contributed by atoms with E-state index in [4.69, 9.17) is 4.74 Å². The summed E-state index contributed by atoms with van der Waals surface area (Å²) >= 11 is 0. The van der Waals surface area contributed by atoms with Crippen LogP contribution in [-0.4, -0.2) is 50.6 Å². The fourth-order valence-electron chi connectivity index (χ4n) is 3.43. The zero-order valence-electron chi connectivity index (χ0n) is 17.8. The molecule has 2 N–H and O–H groups in total. The van der Waals surface area contributed by atoms with Gasteiger partial charge in [-0.2, -0.15) is 0 Å². The second-order valence-electron chi connectivity index (χ2n) is 7.58. The van der Waals surface area contributed by atoms with Gasteiger partial charge in [-0.05, 0) is 36.1 Å². The molecule has 0 radical (unpaired) electrons. The second-order valence-corrected chi connectivity index (χ2v) is 9.29. The van der Waals surface area contributed by atoms with E-state index >= 15 is 0 Å². The van der Waals surface area contributed by atoms with Gasteiger partial charge in [0.2, 0.25) is 10.0 Å². The Balaban J connectivity index is 1.56. The highest BCUT2D eigenvalue weighted by Gasteiger charge is 2.18. The van der Waals surface area contributed by atoms with E-state index in [0.717, 1.165) is 51.3 Å². The minimum atomic E-state index is -3.54. The van der Waals surface area contributed by atoms with Crippen molar-refractivity contribution in [1.29, 1.82) is 0 Å². The highest BCUT2D eigenvalue weighted by molar-refractivity contribution is 7.89. The number of hydrogen-bond acceptors (Lipinski definition) is 6. The molecule has 2 aromatic rings. The largest absolute Gasteiger partial charge is 0.379 e. The van der Waals surface area contributed by atoms with Crippen LogP contribution in [0.5, 0.6) is 0 Å². The van der Waals surface area contributed by atoms with Crippen LogP contribution in [0.3, 0.4) is 0 Å². The fraction of sp³-hybridized carbons (Fsp3) is 0.500. The summed E-state index contributed by atoms with van der Waals surface area (Å²) in [7, 11) is -3.54. The van der Waals surface area contributed by atoms with Crippen LogP contribution in [0.4, 0.5) is 5.82 Å². The smallest absolute Gasteiger partial charge is 0.242 e. The quantitative estimate of drug-likeness (QED) is 0.601. The van der Waals surface area contributed by atoms with E-state index in [-0.39, 0.29) is 10.9 Å². The number of morpholine rings is 1. The van der Waals surface area contributed by atoms with Crippen molar-refractivity contribution in [2.45, 2.75) is 50.7 Å². The first-order chi connectivity index (χ1) is 14.5. The molecule has 1 saturated heterocycles. The number of nitrogens with one attached hydrogen (secondary N) is 2. The van der Waals surface area contributed by atoms with Gasteiger partial charge in [0.05, 0.1) is 13.2 Å². The van der Waals surface area contributed by atoms with Crippen LogP contribution >= 0.6 is 0 Å². The Morgan fingerprint density at radius 3 is 2.50 bits per heavy atom.